The minimum Gasteiger partial charge on any atom is -0.493 e. The van der Waals surface area contributed by atoms with Gasteiger partial charge in [-0.15, -0.1) is 6.58 Å². The second-order valence-electron chi connectivity index (χ2n) is 6.91. The molecule has 3 aromatic rings. The van der Waals surface area contributed by atoms with Gasteiger partial charge in [-0.05, 0) is 49.4 Å². The van der Waals surface area contributed by atoms with E-state index < -0.39 is 0 Å². The van der Waals surface area contributed by atoms with Crippen molar-refractivity contribution in [3.05, 3.63) is 72.6 Å². The molecule has 140 valence electrons. The molecule has 4 rings (SSSR count). The number of fused-ring (bicyclic) bond motifs is 1. The highest BCUT2D eigenvalue weighted by Gasteiger charge is 2.24. The average molecular weight is 362 g/mol. The summed E-state index contributed by atoms with van der Waals surface area (Å²) in [4.78, 5) is 4.86. The molecule has 0 amide bonds. The van der Waals surface area contributed by atoms with E-state index in [2.05, 4.69) is 35.4 Å². The molecular weight excluding hydrogens is 336 g/mol. The number of ether oxygens (including phenoxy) is 2. The van der Waals surface area contributed by atoms with Gasteiger partial charge in [-0.3, -0.25) is 0 Å². The summed E-state index contributed by atoms with van der Waals surface area (Å²) < 4.78 is 14.3. The third kappa shape index (κ3) is 3.91. The van der Waals surface area contributed by atoms with Crippen LogP contribution < -0.4 is 4.74 Å². The first-order valence-electron chi connectivity index (χ1n) is 9.75. The Bertz CT molecular complexity index is 910. The Kier molecular flexibility index (Phi) is 5.54. The summed E-state index contributed by atoms with van der Waals surface area (Å²) in [5.74, 6) is 2.01. The van der Waals surface area contributed by atoms with E-state index >= 15 is 0 Å². The second-order valence-corrected chi connectivity index (χ2v) is 6.91. The van der Waals surface area contributed by atoms with Gasteiger partial charge in [0.15, 0.2) is 0 Å². The summed E-state index contributed by atoms with van der Waals surface area (Å²) in [6, 6.07) is 16.5. The number of aromatic nitrogens is 2. The molecule has 27 heavy (non-hydrogen) atoms. The highest BCUT2D eigenvalue weighted by atomic mass is 16.5. The molecule has 4 nitrogen and oxygen atoms in total. The Labute approximate surface area is 160 Å². The van der Waals surface area contributed by atoms with Gasteiger partial charge in [0.05, 0.1) is 17.6 Å². The van der Waals surface area contributed by atoms with Crippen LogP contribution in [0, 0.1) is 0 Å². The van der Waals surface area contributed by atoms with Crippen LogP contribution >= 0.6 is 0 Å². The first-order chi connectivity index (χ1) is 13.4. The van der Waals surface area contributed by atoms with Crippen molar-refractivity contribution in [3.63, 3.8) is 0 Å². The first kappa shape index (κ1) is 17.8. The molecule has 1 fully saturated rings. The molecular formula is C23H26N2O2. The number of imidazole rings is 1. The van der Waals surface area contributed by atoms with E-state index in [0.29, 0.717) is 6.61 Å². The van der Waals surface area contributed by atoms with Crippen molar-refractivity contribution in [2.45, 2.75) is 38.3 Å². The summed E-state index contributed by atoms with van der Waals surface area (Å²) in [5.41, 5.74) is 3.40. The lowest BCUT2D eigenvalue weighted by molar-refractivity contribution is 0.102. The van der Waals surface area contributed by atoms with Gasteiger partial charge in [-0.1, -0.05) is 36.4 Å². The maximum atomic E-state index is 6.05. The normalized spacial score (nSPS) is 16.7. The summed E-state index contributed by atoms with van der Waals surface area (Å²) in [5, 5.41) is 0. The SMILES string of the molecule is C=CCc1ccccc1OCCCn1c(C2CCCO2)nc2ccccc21. The Hall–Kier alpha value is -2.59. The fourth-order valence-electron chi connectivity index (χ4n) is 3.73. The van der Waals surface area contributed by atoms with E-state index in [4.69, 9.17) is 14.5 Å². The van der Waals surface area contributed by atoms with E-state index in [-0.39, 0.29) is 6.10 Å². The molecule has 1 saturated heterocycles. The molecule has 0 N–H and O–H groups in total. The van der Waals surface area contributed by atoms with E-state index in [1.54, 1.807) is 0 Å². The zero-order valence-electron chi connectivity index (χ0n) is 15.6. The molecule has 0 radical (unpaired) electrons. The molecule has 1 aliphatic rings. The fraction of sp³-hybridized carbons (Fsp3) is 0.348. The number of benzene rings is 2. The van der Waals surface area contributed by atoms with Crippen molar-refractivity contribution in [3.8, 4) is 5.75 Å². The summed E-state index contributed by atoms with van der Waals surface area (Å²) in [6.07, 6.45) is 5.93. The Balaban J connectivity index is 1.46. The maximum absolute atomic E-state index is 6.05. The van der Waals surface area contributed by atoms with E-state index in [0.717, 1.165) is 55.9 Å². The lowest BCUT2D eigenvalue weighted by Gasteiger charge is -2.14. The van der Waals surface area contributed by atoms with Gasteiger partial charge < -0.3 is 14.0 Å². The summed E-state index contributed by atoms with van der Waals surface area (Å²) in [6.45, 7) is 6.20. The van der Waals surface area contributed by atoms with Gasteiger partial charge in [0.1, 0.15) is 17.7 Å². The van der Waals surface area contributed by atoms with Crippen molar-refractivity contribution >= 4 is 11.0 Å². The average Bonchev–Trinajstić information content (AvgIpc) is 3.34. The van der Waals surface area contributed by atoms with Gasteiger partial charge in [0, 0.05) is 13.2 Å². The number of aryl methyl sites for hydroxylation is 1. The van der Waals surface area contributed by atoms with Crippen molar-refractivity contribution in [1.29, 1.82) is 0 Å². The van der Waals surface area contributed by atoms with Crippen molar-refractivity contribution in [2.75, 3.05) is 13.2 Å². The van der Waals surface area contributed by atoms with E-state index in [1.807, 2.05) is 30.3 Å². The van der Waals surface area contributed by atoms with Crippen LogP contribution in [0.2, 0.25) is 0 Å². The highest BCUT2D eigenvalue weighted by molar-refractivity contribution is 5.76. The lowest BCUT2D eigenvalue weighted by Crippen LogP contribution is -2.11. The summed E-state index contributed by atoms with van der Waals surface area (Å²) >= 11 is 0. The van der Waals surface area contributed by atoms with Crippen molar-refractivity contribution in [2.24, 2.45) is 0 Å². The van der Waals surface area contributed by atoms with Gasteiger partial charge in [0.25, 0.3) is 0 Å². The summed E-state index contributed by atoms with van der Waals surface area (Å²) in [7, 11) is 0. The van der Waals surface area contributed by atoms with Crippen molar-refractivity contribution < 1.29 is 9.47 Å². The van der Waals surface area contributed by atoms with Crippen LogP contribution in [0.5, 0.6) is 5.75 Å². The van der Waals surface area contributed by atoms with Crippen LogP contribution in [-0.2, 0) is 17.7 Å². The topological polar surface area (TPSA) is 36.3 Å². The molecule has 1 atom stereocenters. The number of para-hydroxylation sites is 3. The molecule has 0 saturated carbocycles. The molecule has 2 heterocycles. The maximum Gasteiger partial charge on any atom is 0.139 e. The van der Waals surface area contributed by atoms with Crippen LogP contribution in [0.1, 0.15) is 36.8 Å². The quantitative estimate of drug-likeness (QED) is 0.414. The highest BCUT2D eigenvalue weighted by Crippen LogP contribution is 2.30. The standard InChI is InChI=1S/C23H26N2O2/c1-2-9-18-10-3-6-13-21(18)26-17-8-15-25-20-12-5-4-11-19(20)24-23(25)22-14-7-16-27-22/h2-6,10-13,22H,1,7-9,14-17H2. The van der Waals surface area contributed by atoms with Gasteiger partial charge in [-0.25, -0.2) is 4.98 Å². The molecule has 0 bridgehead atoms. The van der Waals surface area contributed by atoms with Crippen LogP contribution in [0.3, 0.4) is 0 Å². The van der Waals surface area contributed by atoms with Crippen molar-refractivity contribution in [1.82, 2.24) is 9.55 Å². The predicted molar refractivity (Wildman–Crippen MR) is 108 cm³/mol. The van der Waals surface area contributed by atoms with Crippen LogP contribution in [0.25, 0.3) is 11.0 Å². The lowest BCUT2D eigenvalue weighted by atomic mass is 10.1. The molecule has 1 aliphatic heterocycles. The Morgan fingerprint density at radius 2 is 2.04 bits per heavy atom. The number of rotatable bonds is 8. The Morgan fingerprint density at radius 1 is 1.19 bits per heavy atom. The van der Waals surface area contributed by atoms with Crippen LogP contribution in [0.4, 0.5) is 0 Å². The largest absolute Gasteiger partial charge is 0.493 e. The van der Waals surface area contributed by atoms with E-state index in [9.17, 15) is 0 Å². The number of hydrogen-bond acceptors (Lipinski definition) is 3. The minimum atomic E-state index is 0.117. The third-order valence-electron chi connectivity index (χ3n) is 5.02. The van der Waals surface area contributed by atoms with Gasteiger partial charge in [0.2, 0.25) is 0 Å². The fourth-order valence-corrected chi connectivity index (χ4v) is 3.73. The molecule has 0 aliphatic carbocycles. The van der Waals surface area contributed by atoms with Gasteiger partial charge >= 0.3 is 0 Å². The Morgan fingerprint density at radius 3 is 2.89 bits per heavy atom. The third-order valence-corrected chi connectivity index (χ3v) is 5.02. The van der Waals surface area contributed by atoms with Gasteiger partial charge in [-0.2, -0.15) is 0 Å². The first-order valence-corrected chi connectivity index (χ1v) is 9.75. The molecule has 0 spiro atoms. The minimum absolute atomic E-state index is 0.117. The monoisotopic (exact) mass is 362 g/mol. The predicted octanol–water partition coefficient (Wildman–Crippen LogP) is 5.09. The number of allylic oxidation sites excluding steroid dienone is 1. The van der Waals surface area contributed by atoms with Crippen LogP contribution in [0.15, 0.2) is 61.2 Å². The number of nitrogens with zero attached hydrogens (tertiary/aromatic N) is 2. The zero-order chi connectivity index (χ0) is 18.5. The molecule has 2 aromatic carbocycles. The van der Waals surface area contributed by atoms with E-state index in [1.165, 1.54) is 11.1 Å². The molecule has 1 aromatic heterocycles. The second kappa shape index (κ2) is 8.40. The smallest absolute Gasteiger partial charge is 0.139 e. The molecule has 4 heteroatoms. The number of hydrogen-bond donors (Lipinski definition) is 0. The molecule has 1 unspecified atom stereocenters. The zero-order valence-corrected chi connectivity index (χ0v) is 15.6. The van der Waals surface area contributed by atoms with Crippen LogP contribution in [-0.4, -0.2) is 22.8 Å².